The zero-order valence-corrected chi connectivity index (χ0v) is 11.4. The average Bonchev–Trinajstić information content (AvgIpc) is 2.26. The molecule has 0 aliphatic heterocycles. The number of aliphatic hydroxyl groups is 5. The van der Waals surface area contributed by atoms with Crippen molar-refractivity contribution in [2.75, 3.05) is 0 Å². The Balaban J connectivity index is 2.90. The largest absolute Gasteiger partial charge is 0.481 e. The molecule has 8 N–H and O–H groups in total. The van der Waals surface area contributed by atoms with E-state index in [4.69, 9.17) is 14.7 Å². The summed E-state index contributed by atoms with van der Waals surface area (Å²) in [6.45, 7) is 0. The molecule has 0 spiro atoms. The van der Waals surface area contributed by atoms with Gasteiger partial charge in [-0.05, 0) is 0 Å². The lowest BCUT2D eigenvalue weighted by Crippen LogP contribution is -2.64. The van der Waals surface area contributed by atoms with Crippen LogP contribution in [0.3, 0.4) is 0 Å². The Morgan fingerprint density at radius 1 is 0.700 bits per heavy atom. The van der Waals surface area contributed by atoms with Crippen molar-refractivity contribution in [3.05, 3.63) is 0 Å². The van der Waals surface area contributed by atoms with Gasteiger partial charge in [-0.25, -0.2) is 9.13 Å². The monoisotopic (exact) mass is 340 g/mol. The van der Waals surface area contributed by atoms with Gasteiger partial charge in [0.15, 0.2) is 0 Å². The number of phosphoric ester groups is 1. The molecule has 1 saturated carbocycles. The topological polar surface area (TPSA) is 214 Å². The Kier molecular flexibility index (Phi) is 5.48. The fourth-order valence-electron chi connectivity index (χ4n) is 1.63. The molecule has 120 valence electrons. The van der Waals surface area contributed by atoms with E-state index in [-0.39, 0.29) is 0 Å². The van der Waals surface area contributed by atoms with Gasteiger partial charge >= 0.3 is 15.6 Å². The first-order valence-corrected chi connectivity index (χ1v) is 8.07. The van der Waals surface area contributed by atoms with Crippen molar-refractivity contribution < 1.29 is 58.2 Å². The number of phosphoric acid groups is 2. The first-order chi connectivity index (χ1) is 8.86. The van der Waals surface area contributed by atoms with Gasteiger partial charge < -0.3 is 40.2 Å². The summed E-state index contributed by atoms with van der Waals surface area (Å²) in [5, 5.41) is 46.8. The molecule has 0 bridgehead atoms. The second-order valence-electron chi connectivity index (χ2n) is 4.06. The fraction of sp³-hybridized carbons (Fsp3) is 1.00. The molecule has 20 heavy (non-hydrogen) atoms. The summed E-state index contributed by atoms with van der Waals surface area (Å²) in [6.07, 6.45) is -12.4. The van der Waals surface area contributed by atoms with Crippen LogP contribution in [0.5, 0.6) is 0 Å². The Bertz CT molecular complexity index is 418. The number of rotatable bonds is 4. The number of hydrogen-bond donors (Lipinski definition) is 8. The Morgan fingerprint density at radius 2 is 1.05 bits per heavy atom. The van der Waals surface area contributed by atoms with Gasteiger partial charge in [-0.3, -0.25) is 4.52 Å². The Hall–Kier alpha value is 0.0600. The molecule has 1 fully saturated rings. The van der Waals surface area contributed by atoms with Crippen LogP contribution >= 0.6 is 15.6 Å². The van der Waals surface area contributed by atoms with E-state index in [1.807, 2.05) is 0 Å². The van der Waals surface area contributed by atoms with Crippen LogP contribution in [0.1, 0.15) is 0 Å². The minimum absolute atomic E-state index is 1.96. The molecule has 0 aromatic heterocycles. The highest BCUT2D eigenvalue weighted by atomic mass is 31.3. The third-order valence-corrected chi connectivity index (χ3v) is 4.72. The summed E-state index contributed by atoms with van der Waals surface area (Å²) in [6, 6.07) is 0. The molecule has 14 heteroatoms. The third-order valence-electron chi connectivity index (χ3n) is 2.54. The van der Waals surface area contributed by atoms with Gasteiger partial charge in [0, 0.05) is 0 Å². The minimum atomic E-state index is -5.42. The minimum Gasteiger partial charge on any atom is -0.387 e. The molecule has 1 rings (SSSR count). The van der Waals surface area contributed by atoms with E-state index >= 15 is 0 Å². The van der Waals surface area contributed by atoms with Crippen molar-refractivity contribution in [3.8, 4) is 0 Å². The van der Waals surface area contributed by atoms with Gasteiger partial charge in [-0.1, -0.05) is 0 Å². The van der Waals surface area contributed by atoms with Gasteiger partial charge in [-0.2, -0.15) is 4.31 Å². The first-order valence-electron chi connectivity index (χ1n) is 5.04. The SMILES string of the molecule is O=P(O)(O)OP(=O)(O)OC1C(O)C(O)C(O)C(O)C1O. The second kappa shape index (κ2) is 6.05. The maximum atomic E-state index is 11.3. The van der Waals surface area contributed by atoms with E-state index in [0.717, 1.165) is 0 Å². The van der Waals surface area contributed by atoms with Crippen LogP contribution in [-0.4, -0.2) is 76.8 Å². The molecule has 5 atom stereocenters. The van der Waals surface area contributed by atoms with Crippen molar-refractivity contribution in [1.29, 1.82) is 0 Å². The lowest BCUT2D eigenvalue weighted by molar-refractivity contribution is -0.219. The quantitative estimate of drug-likeness (QED) is 0.233. The van der Waals surface area contributed by atoms with E-state index in [0.29, 0.717) is 0 Å². The highest BCUT2D eigenvalue weighted by Gasteiger charge is 2.52. The smallest absolute Gasteiger partial charge is 0.387 e. The first kappa shape index (κ1) is 18.1. The molecular weight excluding hydrogens is 326 g/mol. The molecule has 0 amide bonds. The molecular formula is C6H14O12P2. The lowest BCUT2D eigenvalue weighted by atomic mass is 9.85. The van der Waals surface area contributed by atoms with Crippen molar-refractivity contribution >= 4 is 15.6 Å². The molecule has 5 unspecified atom stereocenters. The summed E-state index contributed by atoms with van der Waals surface area (Å²) in [7, 11) is -10.8. The molecule has 0 heterocycles. The summed E-state index contributed by atoms with van der Waals surface area (Å²) in [4.78, 5) is 25.8. The van der Waals surface area contributed by atoms with Gasteiger partial charge in [0.25, 0.3) is 0 Å². The summed E-state index contributed by atoms with van der Waals surface area (Å²) >= 11 is 0. The van der Waals surface area contributed by atoms with Crippen molar-refractivity contribution in [3.63, 3.8) is 0 Å². The highest BCUT2D eigenvalue weighted by molar-refractivity contribution is 7.60. The fourth-order valence-corrected chi connectivity index (χ4v) is 3.42. The second-order valence-corrected chi connectivity index (χ2v) is 6.85. The van der Waals surface area contributed by atoms with Gasteiger partial charge in [0.1, 0.15) is 36.6 Å². The van der Waals surface area contributed by atoms with Crippen LogP contribution in [-0.2, 0) is 18.0 Å². The van der Waals surface area contributed by atoms with Crippen molar-refractivity contribution in [2.24, 2.45) is 0 Å². The van der Waals surface area contributed by atoms with Crippen LogP contribution in [0.25, 0.3) is 0 Å². The molecule has 0 aromatic carbocycles. The van der Waals surface area contributed by atoms with Crippen molar-refractivity contribution in [1.82, 2.24) is 0 Å². The van der Waals surface area contributed by atoms with Crippen LogP contribution < -0.4 is 0 Å². The number of aliphatic hydroxyl groups excluding tert-OH is 5. The maximum Gasteiger partial charge on any atom is 0.481 e. The van der Waals surface area contributed by atoms with E-state index in [9.17, 15) is 34.7 Å². The van der Waals surface area contributed by atoms with Crippen LogP contribution in [0.15, 0.2) is 0 Å². The predicted octanol–water partition coefficient (Wildman–Crippen LogP) is -3.60. The van der Waals surface area contributed by atoms with E-state index in [1.54, 1.807) is 0 Å². The van der Waals surface area contributed by atoms with Gasteiger partial charge in [0.2, 0.25) is 0 Å². The summed E-state index contributed by atoms with van der Waals surface area (Å²) < 4.78 is 29.2. The predicted molar refractivity (Wildman–Crippen MR) is 57.9 cm³/mol. The van der Waals surface area contributed by atoms with Gasteiger partial charge in [0.05, 0.1) is 0 Å². The van der Waals surface area contributed by atoms with E-state index < -0.39 is 52.3 Å². The lowest BCUT2D eigenvalue weighted by Gasteiger charge is -2.41. The van der Waals surface area contributed by atoms with Gasteiger partial charge in [-0.15, -0.1) is 0 Å². The standard InChI is InChI=1S/C6H14O12P2/c7-1-2(8)4(10)6(5(11)3(1)9)17-20(15,16)18-19(12,13)14/h1-11H,(H,15,16)(H2,12,13,14). The zero-order valence-electron chi connectivity index (χ0n) is 9.57. The third kappa shape index (κ3) is 4.28. The molecule has 0 radical (unpaired) electrons. The normalized spacial score (nSPS) is 42.2. The van der Waals surface area contributed by atoms with E-state index in [2.05, 4.69) is 8.83 Å². The molecule has 0 saturated heterocycles. The Labute approximate surface area is 111 Å². The molecule has 1 aliphatic carbocycles. The van der Waals surface area contributed by atoms with Crippen molar-refractivity contribution in [2.45, 2.75) is 36.6 Å². The van der Waals surface area contributed by atoms with Crippen LogP contribution in [0.2, 0.25) is 0 Å². The average molecular weight is 340 g/mol. The zero-order chi connectivity index (χ0) is 15.9. The summed E-state index contributed by atoms with van der Waals surface area (Å²) in [5.74, 6) is 0. The van der Waals surface area contributed by atoms with E-state index in [1.165, 1.54) is 0 Å². The van der Waals surface area contributed by atoms with Crippen LogP contribution in [0, 0.1) is 0 Å². The summed E-state index contributed by atoms with van der Waals surface area (Å²) in [5.41, 5.74) is 0. The molecule has 1 aliphatic rings. The maximum absolute atomic E-state index is 11.3. The molecule has 12 nitrogen and oxygen atoms in total. The molecule has 0 aromatic rings. The Morgan fingerprint density at radius 3 is 1.40 bits per heavy atom. The highest BCUT2D eigenvalue weighted by Crippen LogP contribution is 2.58. The van der Waals surface area contributed by atoms with Crippen LogP contribution in [0.4, 0.5) is 0 Å². The number of hydrogen-bond acceptors (Lipinski definition) is 9.